The largest absolute Gasteiger partial charge is 0.314 e. The van der Waals surface area contributed by atoms with Crippen LogP contribution in [0.3, 0.4) is 0 Å². The van der Waals surface area contributed by atoms with Crippen molar-refractivity contribution in [2.24, 2.45) is 17.3 Å². The van der Waals surface area contributed by atoms with Gasteiger partial charge >= 0.3 is 0 Å². The summed E-state index contributed by atoms with van der Waals surface area (Å²) in [6.45, 7) is 13.1. The van der Waals surface area contributed by atoms with Crippen LogP contribution in [-0.2, 0) is 0 Å². The average Bonchev–Trinajstić information content (AvgIpc) is 2.07. The van der Waals surface area contributed by atoms with Crippen LogP contribution >= 0.6 is 0 Å². The summed E-state index contributed by atoms with van der Waals surface area (Å²) in [6, 6.07) is 0.716. The van der Waals surface area contributed by atoms with Gasteiger partial charge in [-0.1, -0.05) is 34.1 Å². The van der Waals surface area contributed by atoms with Gasteiger partial charge in [0.2, 0.25) is 0 Å². The van der Waals surface area contributed by atoms with Crippen molar-refractivity contribution in [2.45, 2.75) is 59.9 Å². The van der Waals surface area contributed by atoms with E-state index in [2.05, 4.69) is 39.9 Å². The Bertz CT molecular complexity index is 169. The van der Waals surface area contributed by atoms with Crippen LogP contribution in [-0.4, -0.2) is 12.6 Å². The molecule has 0 radical (unpaired) electrons. The summed E-state index contributed by atoms with van der Waals surface area (Å²) in [5.74, 6) is 1.78. The molecule has 0 aromatic carbocycles. The molecule has 0 aromatic rings. The first-order valence-electron chi connectivity index (χ1n) is 6.20. The second-order valence-corrected chi connectivity index (χ2v) is 5.96. The number of piperidine rings is 1. The highest BCUT2D eigenvalue weighted by atomic mass is 14.9. The monoisotopic (exact) mass is 197 g/mol. The van der Waals surface area contributed by atoms with Crippen molar-refractivity contribution in [2.75, 3.05) is 6.54 Å². The van der Waals surface area contributed by atoms with E-state index in [0.29, 0.717) is 11.5 Å². The fourth-order valence-electron chi connectivity index (χ4n) is 3.04. The molecule has 1 heterocycles. The van der Waals surface area contributed by atoms with Gasteiger partial charge in [0.1, 0.15) is 0 Å². The Morgan fingerprint density at radius 2 is 1.93 bits per heavy atom. The SMILES string of the molecule is CCCC1C(C)NCCC1C(C)(C)C. The molecule has 84 valence electrons. The van der Waals surface area contributed by atoms with E-state index in [4.69, 9.17) is 0 Å². The third-order valence-electron chi connectivity index (χ3n) is 3.82. The lowest BCUT2D eigenvalue weighted by Gasteiger charge is -2.44. The van der Waals surface area contributed by atoms with Crippen molar-refractivity contribution in [3.8, 4) is 0 Å². The zero-order valence-corrected chi connectivity index (χ0v) is 10.6. The maximum Gasteiger partial charge on any atom is 0.00698 e. The predicted molar refractivity (Wildman–Crippen MR) is 63.4 cm³/mol. The molecule has 1 fully saturated rings. The third kappa shape index (κ3) is 2.73. The van der Waals surface area contributed by atoms with Crippen LogP contribution in [0.4, 0.5) is 0 Å². The maximum absolute atomic E-state index is 3.62. The molecule has 3 unspecified atom stereocenters. The predicted octanol–water partition coefficient (Wildman–Crippen LogP) is 3.45. The Kier molecular flexibility index (Phi) is 4.00. The van der Waals surface area contributed by atoms with Crippen molar-refractivity contribution in [1.29, 1.82) is 0 Å². The first kappa shape index (κ1) is 12.0. The fraction of sp³-hybridized carbons (Fsp3) is 1.00. The van der Waals surface area contributed by atoms with Gasteiger partial charge in [0.15, 0.2) is 0 Å². The molecule has 0 bridgehead atoms. The van der Waals surface area contributed by atoms with Crippen LogP contribution in [0.15, 0.2) is 0 Å². The number of nitrogens with one attached hydrogen (secondary N) is 1. The van der Waals surface area contributed by atoms with Crippen LogP contribution in [0.5, 0.6) is 0 Å². The molecule has 0 aromatic heterocycles. The van der Waals surface area contributed by atoms with Gasteiger partial charge in [0.25, 0.3) is 0 Å². The average molecular weight is 197 g/mol. The van der Waals surface area contributed by atoms with Crippen LogP contribution in [0.2, 0.25) is 0 Å². The highest BCUT2D eigenvalue weighted by Gasteiger charge is 2.36. The van der Waals surface area contributed by atoms with Gasteiger partial charge in [-0.3, -0.25) is 0 Å². The molecule has 1 N–H and O–H groups in total. The Morgan fingerprint density at radius 1 is 1.29 bits per heavy atom. The van der Waals surface area contributed by atoms with E-state index in [1.54, 1.807) is 0 Å². The minimum absolute atomic E-state index is 0.482. The minimum atomic E-state index is 0.482. The Hall–Kier alpha value is -0.0400. The molecule has 3 atom stereocenters. The molecule has 14 heavy (non-hydrogen) atoms. The lowest BCUT2D eigenvalue weighted by Crippen LogP contribution is -2.48. The van der Waals surface area contributed by atoms with E-state index in [9.17, 15) is 0 Å². The number of hydrogen-bond acceptors (Lipinski definition) is 1. The molecule has 1 rings (SSSR count). The van der Waals surface area contributed by atoms with Crippen molar-refractivity contribution in [3.63, 3.8) is 0 Å². The normalized spacial score (nSPS) is 34.5. The van der Waals surface area contributed by atoms with Gasteiger partial charge in [-0.15, -0.1) is 0 Å². The molecule has 1 heteroatoms. The van der Waals surface area contributed by atoms with E-state index >= 15 is 0 Å². The number of hydrogen-bond donors (Lipinski definition) is 1. The van der Waals surface area contributed by atoms with Crippen LogP contribution in [0, 0.1) is 17.3 Å². The Labute approximate surface area is 89.7 Å². The van der Waals surface area contributed by atoms with Gasteiger partial charge in [-0.05, 0) is 43.6 Å². The van der Waals surface area contributed by atoms with E-state index in [1.165, 1.54) is 25.8 Å². The Morgan fingerprint density at radius 3 is 2.43 bits per heavy atom. The highest BCUT2D eigenvalue weighted by Crippen LogP contribution is 2.40. The van der Waals surface area contributed by atoms with E-state index < -0.39 is 0 Å². The zero-order valence-electron chi connectivity index (χ0n) is 10.6. The van der Waals surface area contributed by atoms with Crippen molar-refractivity contribution in [1.82, 2.24) is 5.32 Å². The Balaban J connectivity index is 2.69. The van der Waals surface area contributed by atoms with Gasteiger partial charge in [0, 0.05) is 6.04 Å². The summed E-state index contributed by atoms with van der Waals surface area (Å²) in [6.07, 6.45) is 4.07. The first-order chi connectivity index (χ1) is 6.46. The van der Waals surface area contributed by atoms with Gasteiger partial charge in [-0.25, -0.2) is 0 Å². The van der Waals surface area contributed by atoms with Crippen molar-refractivity contribution >= 4 is 0 Å². The van der Waals surface area contributed by atoms with Crippen LogP contribution in [0.1, 0.15) is 53.9 Å². The standard InChI is InChI=1S/C13H27N/c1-6-7-11-10(2)14-9-8-12(11)13(3,4)5/h10-12,14H,6-9H2,1-5H3. The zero-order chi connectivity index (χ0) is 10.8. The highest BCUT2D eigenvalue weighted by molar-refractivity contribution is 4.89. The second-order valence-electron chi connectivity index (χ2n) is 5.96. The quantitative estimate of drug-likeness (QED) is 0.715. The first-order valence-corrected chi connectivity index (χ1v) is 6.20. The molecule has 1 aliphatic heterocycles. The molecule has 0 saturated carbocycles. The van der Waals surface area contributed by atoms with E-state index in [-0.39, 0.29) is 0 Å². The van der Waals surface area contributed by atoms with E-state index in [0.717, 1.165) is 11.8 Å². The van der Waals surface area contributed by atoms with Crippen LogP contribution in [0.25, 0.3) is 0 Å². The molecule has 1 nitrogen and oxygen atoms in total. The summed E-state index contributed by atoms with van der Waals surface area (Å²) in [5.41, 5.74) is 0.482. The van der Waals surface area contributed by atoms with Crippen molar-refractivity contribution in [3.05, 3.63) is 0 Å². The van der Waals surface area contributed by atoms with Gasteiger partial charge in [0.05, 0.1) is 0 Å². The van der Waals surface area contributed by atoms with E-state index in [1.807, 2.05) is 0 Å². The molecule has 0 spiro atoms. The topological polar surface area (TPSA) is 12.0 Å². The molecule has 1 aliphatic rings. The minimum Gasteiger partial charge on any atom is -0.314 e. The molecular weight excluding hydrogens is 170 g/mol. The van der Waals surface area contributed by atoms with Gasteiger partial charge in [-0.2, -0.15) is 0 Å². The van der Waals surface area contributed by atoms with Crippen LogP contribution < -0.4 is 5.32 Å². The molecular formula is C13H27N. The summed E-state index contributed by atoms with van der Waals surface area (Å²) in [7, 11) is 0. The third-order valence-corrected chi connectivity index (χ3v) is 3.82. The molecule has 0 aliphatic carbocycles. The summed E-state index contributed by atoms with van der Waals surface area (Å²) in [4.78, 5) is 0. The summed E-state index contributed by atoms with van der Waals surface area (Å²) in [5, 5.41) is 3.62. The summed E-state index contributed by atoms with van der Waals surface area (Å²) < 4.78 is 0. The molecule has 1 saturated heterocycles. The lowest BCUT2D eigenvalue weighted by atomic mass is 9.66. The van der Waals surface area contributed by atoms with Crippen molar-refractivity contribution < 1.29 is 0 Å². The summed E-state index contributed by atoms with van der Waals surface area (Å²) >= 11 is 0. The van der Waals surface area contributed by atoms with Gasteiger partial charge < -0.3 is 5.32 Å². The second kappa shape index (κ2) is 4.65. The number of rotatable bonds is 2. The smallest absolute Gasteiger partial charge is 0.00698 e. The maximum atomic E-state index is 3.62. The fourth-order valence-corrected chi connectivity index (χ4v) is 3.04. The molecule has 0 amide bonds. The lowest BCUT2D eigenvalue weighted by molar-refractivity contribution is 0.0829.